The highest BCUT2D eigenvalue weighted by Gasteiger charge is 2.17. The van der Waals surface area contributed by atoms with E-state index in [2.05, 4.69) is 24.9 Å². The average molecular weight is 449 g/mol. The Kier molecular flexibility index (Phi) is 4.80. The highest BCUT2D eigenvalue weighted by atomic mass is 16.5. The van der Waals surface area contributed by atoms with Gasteiger partial charge in [0.15, 0.2) is 17.4 Å². The zero-order valence-electron chi connectivity index (χ0n) is 18.0. The molecule has 0 fully saturated rings. The number of para-hydroxylation sites is 1. The van der Waals surface area contributed by atoms with Crippen molar-refractivity contribution in [3.8, 4) is 17.3 Å². The number of rotatable bonds is 6. The number of benzene rings is 1. The summed E-state index contributed by atoms with van der Waals surface area (Å²) in [4.78, 5) is 21.9. The van der Waals surface area contributed by atoms with Crippen LogP contribution < -0.4 is 10.5 Å². The minimum atomic E-state index is 0.254. The Balaban J connectivity index is 1.32. The maximum atomic E-state index is 6.20. The smallest absolute Gasteiger partial charge is 0.233 e. The lowest BCUT2D eigenvalue weighted by Gasteiger charge is -2.08. The Bertz CT molecular complexity index is 1570. The van der Waals surface area contributed by atoms with Gasteiger partial charge >= 0.3 is 0 Å². The molecule has 0 atom stereocenters. The van der Waals surface area contributed by atoms with Crippen molar-refractivity contribution in [3.05, 3.63) is 90.9 Å². The third kappa shape index (κ3) is 3.66. The van der Waals surface area contributed by atoms with Crippen LogP contribution in [-0.2, 0) is 13.2 Å². The molecule has 6 rings (SSSR count). The molecule has 10 heteroatoms. The maximum absolute atomic E-state index is 6.20. The molecular weight excluding hydrogens is 430 g/mol. The van der Waals surface area contributed by atoms with Crippen LogP contribution in [0.25, 0.3) is 28.2 Å². The minimum absolute atomic E-state index is 0.254. The molecule has 2 N–H and O–H groups in total. The van der Waals surface area contributed by atoms with Gasteiger partial charge in [-0.1, -0.05) is 18.2 Å². The quantitative estimate of drug-likeness (QED) is 0.412. The lowest BCUT2D eigenvalue weighted by atomic mass is 10.2. The molecule has 0 saturated carbocycles. The summed E-state index contributed by atoms with van der Waals surface area (Å²) < 4.78 is 9.57. The fourth-order valence-electron chi connectivity index (χ4n) is 3.77. The van der Waals surface area contributed by atoms with E-state index in [9.17, 15) is 0 Å². The van der Waals surface area contributed by atoms with Crippen molar-refractivity contribution in [3.63, 3.8) is 0 Å². The van der Waals surface area contributed by atoms with Crippen molar-refractivity contribution in [1.29, 1.82) is 0 Å². The number of nitrogens with zero attached hydrogens (tertiary/aromatic N) is 8. The molecule has 0 saturated heterocycles. The first-order chi connectivity index (χ1) is 16.7. The van der Waals surface area contributed by atoms with Gasteiger partial charge in [-0.05, 0) is 29.8 Å². The van der Waals surface area contributed by atoms with Gasteiger partial charge in [-0.2, -0.15) is 5.10 Å². The first-order valence-electron chi connectivity index (χ1n) is 10.6. The van der Waals surface area contributed by atoms with Crippen molar-refractivity contribution < 1.29 is 4.74 Å². The first-order valence-corrected chi connectivity index (χ1v) is 10.6. The number of pyridine rings is 1. The molecule has 0 unspecified atom stereocenters. The molecule has 5 aromatic heterocycles. The summed E-state index contributed by atoms with van der Waals surface area (Å²) in [6.45, 7) is 0.827. The van der Waals surface area contributed by atoms with Crippen LogP contribution in [0.5, 0.6) is 5.75 Å². The molecule has 0 bridgehead atoms. The predicted octanol–water partition coefficient (Wildman–Crippen LogP) is 3.14. The summed E-state index contributed by atoms with van der Waals surface area (Å²) in [5.41, 5.74) is 9.61. The summed E-state index contributed by atoms with van der Waals surface area (Å²) in [5, 5.41) is 5.73. The van der Waals surface area contributed by atoms with Crippen molar-refractivity contribution >= 4 is 22.5 Å². The second-order valence-electron chi connectivity index (χ2n) is 7.67. The molecule has 10 nitrogen and oxygen atoms in total. The van der Waals surface area contributed by atoms with Gasteiger partial charge in [0.2, 0.25) is 5.78 Å². The average Bonchev–Trinajstić information content (AvgIpc) is 3.45. The molecule has 5 heterocycles. The zero-order valence-corrected chi connectivity index (χ0v) is 18.0. The number of anilines is 1. The summed E-state index contributed by atoms with van der Waals surface area (Å²) in [7, 11) is 0. The van der Waals surface area contributed by atoms with E-state index in [1.807, 2.05) is 63.9 Å². The lowest BCUT2D eigenvalue weighted by Crippen LogP contribution is -2.04. The number of hydrogen-bond donors (Lipinski definition) is 1. The number of nitrogens with two attached hydrogens (primary N) is 1. The van der Waals surface area contributed by atoms with Crippen LogP contribution >= 0.6 is 0 Å². The molecule has 166 valence electrons. The summed E-state index contributed by atoms with van der Waals surface area (Å²) in [5.74, 6) is 1.75. The number of fused-ring (bicyclic) bond motifs is 2. The molecule has 1 aromatic carbocycles. The van der Waals surface area contributed by atoms with Gasteiger partial charge < -0.3 is 10.5 Å². The van der Waals surface area contributed by atoms with Gasteiger partial charge in [-0.3, -0.25) is 14.1 Å². The van der Waals surface area contributed by atoms with Gasteiger partial charge in [0.05, 0.1) is 24.0 Å². The maximum Gasteiger partial charge on any atom is 0.233 e. The van der Waals surface area contributed by atoms with Crippen LogP contribution in [0.2, 0.25) is 0 Å². The zero-order chi connectivity index (χ0) is 22.9. The Labute approximate surface area is 193 Å². The number of ether oxygens (including phenoxy) is 1. The van der Waals surface area contributed by atoms with E-state index in [1.54, 1.807) is 24.8 Å². The van der Waals surface area contributed by atoms with E-state index >= 15 is 0 Å². The molecule has 0 amide bonds. The standard InChI is InChI=1S/C24H19N9O/c25-22-20(34-15-16-6-9-26-10-7-16)12-28-23(30-22)21-18-4-1-2-5-19(18)33(31-21)14-17-13-32-11-3-8-27-24(32)29-17/h1-13H,14-15H2,(H2,25,28,30). The van der Waals surface area contributed by atoms with E-state index in [1.165, 1.54) is 0 Å². The van der Waals surface area contributed by atoms with Gasteiger partial charge in [-0.15, -0.1) is 0 Å². The summed E-state index contributed by atoms with van der Waals surface area (Å²) in [6, 6.07) is 13.6. The highest BCUT2D eigenvalue weighted by molar-refractivity contribution is 5.91. The van der Waals surface area contributed by atoms with Crippen molar-refractivity contribution in [2.75, 3.05) is 5.73 Å². The van der Waals surface area contributed by atoms with Crippen molar-refractivity contribution in [2.24, 2.45) is 0 Å². The fraction of sp³-hybridized carbons (Fsp3) is 0.0833. The van der Waals surface area contributed by atoms with Crippen LogP contribution in [0, 0.1) is 0 Å². The Morgan fingerprint density at radius 1 is 0.941 bits per heavy atom. The topological polar surface area (TPSA) is 122 Å². The monoisotopic (exact) mass is 449 g/mol. The number of nitrogen functional groups attached to an aromatic ring is 1. The molecule has 34 heavy (non-hydrogen) atoms. The van der Waals surface area contributed by atoms with E-state index < -0.39 is 0 Å². The second kappa shape index (κ2) is 8.24. The fourth-order valence-corrected chi connectivity index (χ4v) is 3.77. The number of aromatic nitrogens is 8. The van der Waals surface area contributed by atoms with Gasteiger partial charge in [0.25, 0.3) is 0 Å². The first kappa shape index (κ1) is 19.8. The summed E-state index contributed by atoms with van der Waals surface area (Å²) in [6.07, 6.45) is 10.6. The largest absolute Gasteiger partial charge is 0.483 e. The van der Waals surface area contributed by atoms with Crippen molar-refractivity contribution in [2.45, 2.75) is 13.2 Å². The van der Waals surface area contributed by atoms with Crippen LogP contribution in [0.3, 0.4) is 0 Å². The third-order valence-electron chi connectivity index (χ3n) is 5.39. The van der Waals surface area contributed by atoms with Crippen LogP contribution in [-0.4, -0.2) is 39.1 Å². The molecular formula is C24H19N9O. The Hall–Kier alpha value is -4.86. The molecule has 0 radical (unpaired) electrons. The molecule has 0 aliphatic carbocycles. The van der Waals surface area contributed by atoms with Gasteiger partial charge in [0.1, 0.15) is 12.3 Å². The Morgan fingerprint density at radius 2 is 1.82 bits per heavy atom. The second-order valence-corrected chi connectivity index (χ2v) is 7.67. The van der Waals surface area contributed by atoms with E-state index in [0.717, 1.165) is 22.2 Å². The van der Waals surface area contributed by atoms with E-state index in [4.69, 9.17) is 15.6 Å². The number of imidazole rings is 1. The van der Waals surface area contributed by atoms with Crippen LogP contribution in [0.1, 0.15) is 11.3 Å². The predicted molar refractivity (Wildman–Crippen MR) is 126 cm³/mol. The summed E-state index contributed by atoms with van der Waals surface area (Å²) >= 11 is 0. The lowest BCUT2D eigenvalue weighted by molar-refractivity contribution is 0.305. The van der Waals surface area contributed by atoms with Crippen molar-refractivity contribution in [1.82, 2.24) is 39.1 Å². The molecule has 6 aromatic rings. The van der Waals surface area contributed by atoms with E-state index in [-0.39, 0.29) is 5.82 Å². The normalized spacial score (nSPS) is 11.3. The van der Waals surface area contributed by atoms with Crippen LogP contribution in [0.4, 0.5) is 5.82 Å². The van der Waals surface area contributed by atoms with Gasteiger partial charge in [0, 0.05) is 36.4 Å². The Morgan fingerprint density at radius 3 is 2.68 bits per heavy atom. The van der Waals surface area contributed by atoms with E-state index in [0.29, 0.717) is 36.2 Å². The molecule has 0 aliphatic rings. The number of hydrogen-bond acceptors (Lipinski definition) is 8. The van der Waals surface area contributed by atoms with Gasteiger partial charge in [-0.25, -0.2) is 19.9 Å². The third-order valence-corrected chi connectivity index (χ3v) is 5.39. The SMILES string of the molecule is Nc1nc(-c2nn(Cc3cn4cccnc4n3)c3ccccc23)ncc1OCc1ccncc1. The highest BCUT2D eigenvalue weighted by Crippen LogP contribution is 2.29. The van der Waals surface area contributed by atoms with Crippen LogP contribution in [0.15, 0.2) is 79.6 Å². The minimum Gasteiger partial charge on any atom is -0.483 e. The molecule has 0 spiro atoms. The molecule has 0 aliphatic heterocycles.